The van der Waals surface area contributed by atoms with Crippen LogP contribution in [0.3, 0.4) is 0 Å². The van der Waals surface area contributed by atoms with Crippen LogP contribution in [-0.2, 0) is 11.2 Å². The molecule has 0 bridgehead atoms. The topological polar surface area (TPSA) is 78.3 Å². The number of amides is 1. The van der Waals surface area contributed by atoms with E-state index in [9.17, 15) is 4.79 Å². The summed E-state index contributed by atoms with van der Waals surface area (Å²) < 4.78 is 12.2. The molecule has 1 amide bonds. The number of hydrogen-bond donors (Lipinski definition) is 1. The molecule has 8 heteroatoms. The summed E-state index contributed by atoms with van der Waals surface area (Å²) in [6.45, 7) is 0. The standard InChI is InChI=1S/C20H18N4O3S/c1-26-17-8-7-13(9-18(17)27-2)20-22-14(11-28-20)10-19(25)23-24-12-21-15-5-3-4-6-16(15)24/h3-9,11-12H,10H2,1-2H3,(H,23,25). The monoisotopic (exact) mass is 394 g/mol. The molecule has 0 radical (unpaired) electrons. The van der Waals surface area contributed by atoms with Crippen LogP contribution < -0.4 is 14.9 Å². The van der Waals surface area contributed by atoms with E-state index in [4.69, 9.17) is 9.47 Å². The number of ether oxygens (including phenoxy) is 2. The number of para-hydroxylation sites is 2. The summed E-state index contributed by atoms with van der Waals surface area (Å²) in [5.41, 5.74) is 6.13. The minimum Gasteiger partial charge on any atom is -0.493 e. The van der Waals surface area contributed by atoms with Crippen LogP contribution in [0.1, 0.15) is 5.69 Å². The summed E-state index contributed by atoms with van der Waals surface area (Å²) in [7, 11) is 3.19. The van der Waals surface area contributed by atoms with Crippen LogP contribution >= 0.6 is 11.3 Å². The summed E-state index contributed by atoms with van der Waals surface area (Å²) in [5.74, 6) is 1.14. The lowest BCUT2D eigenvalue weighted by molar-refractivity contribution is -0.116. The second-order valence-corrected chi connectivity index (χ2v) is 6.89. The van der Waals surface area contributed by atoms with Crippen LogP contribution in [-0.4, -0.2) is 34.8 Å². The molecule has 1 N–H and O–H groups in total. The van der Waals surface area contributed by atoms with Gasteiger partial charge in [-0.2, -0.15) is 0 Å². The molecule has 2 aromatic carbocycles. The van der Waals surface area contributed by atoms with E-state index in [1.54, 1.807) is 25.2 Å². The fraction of sp³-hybridized carbons (Fsp3) is 0.150. The maximum Gasteiger partial charge on any atom is 0.244 e. The van der Waals surface area contributed by atoms with Crippen LogP contribution in [0.2, 0.25) is 0 Å². The van der Waals surface area contributed by atoms with Crippen LogP contribution in [0.15, 0.2) is 54.2 Å². The summed E-state index contributed by atoms with van der Waals surface area (Å²) in [4.78, 5) is 21.3. The molecule has 142 valence electrons. The van der Waals surface area contributed by atoms with Crippen molar-refractivity contribution in [2.45, 2.75) is 6.42 Å². The average Bonchev–Trinajstić information content (AvgIpc) is 3.35. The van der Waals surface area contributed by atoms with E-state index < -0.39 is 0 Å². The first-order valence-electron chi connectivity index (χ1n) is 8.56. The summed E-state index contributed by atoms with van der Waals surface area (Å²) in [6.07, 6.45) is 1.77. The van der Waals surface area contributed by atoms with Crippen molar-refractivity contribution >= 4 is 28.3 Å². The van der Waals surface area contributed by atoms with Crippen molar-refractivity contribution in [3.8, 4) is 22.1 Å². The first-order valence-corrected chi connectivity index (χ1v) is 9.44. The van der Waals surface area contributed by atoms with Gasteiger partial charge in [-0.1, -0.05) is 12.1 Å². The number of imidazole rings is 1. The molecule has 0 atom stereocenters. The van der Waals surface area contributed by atoms with Crippen LogP contribution in [0.5, 0.6) is 11.5 Å². The van der Waals surface area contributed by atoms with Crippen LogP contribution in [0, 0.1) is 0 Å². The van der Waals surface area contributed by atoms with Gasteiger partial charge in [-0.15, -0.1) is 11.3 Å². The summed E-state index contributed by atoms with van der Waals surface area (Å²) in [5, 5.41) is 2.70. The van der Waals surface area contributed by atoms with Gasteiger partial charge in [0.15, 0.2) is 11.5 Å². The van der Waals surface area contributed by atoms with E-state index in [1.165, 1.54) is 11.3 Å². The molecule has 0 aliphatic carbocycles. The van der Waals surface area contributed by atoms with Gasteiger partial charge in [0.1, 0.15) is 11.3 Å². The van der Waals surface area contributed by atoms with Crippen LogP contribution in [0.4, 0.5) is 0 Å². The highest BCUT2D eigenvalue weighted by Crippen LogP contribution is 2.33. The maximum absolute atomic E-state index is 12.4. The summed E-state index contributed by atoms with van der Waals surface area (Å²) in [6, 6.07) is 13.2. The minimum atomic E-state index is -0.160. The Morgan fingerprint density at radius 1 is 1.14 bits per heavy atom. The Hall–Kier alpha value is -3.39. The van der Waals surface area contributed by atoms with Crippen molar-refractivity contribution < 1.29 is 14.3 Å². The Balaban J connectivity index is 1.48. The zero-order valence-corrected chi connectivity index (χ0v) is 16.2. The van der Waals surface area contributed by atoms with Crippen LogP contribution in [0.25, 0.3) is 21.6 Å². The molecule has 0 aliphatic heterocycles. The maximum atomic E-state index is 12.4. The molecule has 0 unspecified atom stereocenters. The van der Waals surface area contributed by atoms with Gasteiger partial charge in [-0.05, 0) is 30.3 Å². The van der Waals surface area contributed by atoms with Gasteiger partial charge in [0.05, 0.1) is 37.4 Å². The fourth-order valence-corrected chi connectivity index (χ4v) is 3.69. The Kier molecular flexibility index (Phi) is 4.94. The second kappa shape index (κ2) is 7.69. The highest BCUT2D eigenvalue weighted by atomic mass is 32.1. The van der Waals surface area contributed by atoms with Gasteiger partial charge < -0.3 is 9.47 Å². The van der Waals surface area contributed by atoms with Gasteiger partial charge in [-0.25, -0.2) is 14.6 Å². The second-order valence-electron chi connectivity index (χ2n) is 6.03. The molecule has 4 aromatic rings. The number of aromatic nitrogens is 3. The average molecular weight is 394 g/mol. The number of hydrogen-bond acceptors (Lipinski definition) is 6. The number of fused-ring (bicyclic) bond motifs is 1. The normalized spacial score (nSPS) is 10.8. The van der Waals surface area contributed by atoms with Gasteiger partial charge in [0, 0.05) is 10.9 Å². The highest BCUT2D eigenvalue weighted by molar-refractivity contribution is 7.13. The van der Waals surface area contributed by atoms with E-state index in [-0.39, 0.29) is 12.3 Å². The third-order valence-electron chi connectivity index (χ3n) is 4.22. The smallest absolute Gasteiger partial charge is 0.244 e. The van der Waals surface area contributed by atoms with Gasteiger partial charge in [-0.3, -0.25) is 10.2 Å². The van der Waals surface area contributed by atoms with Crippen molar-refractivity contribution in [1.29, 1.82) is 0 Å². The third-order valence-corrected chi connectivity index (χ3v) is 5.16. The number of thiazole rings is 1. The zero-order valence-electron chi connectivity index (χ0n) is 15.4. The zero-order chi connectivity index (χ0) is 19.5. The molecule has 0 spiro atoms. The Morgan fingerprint density at radius 2 is 1.96 bits per heavy atom. The molecule has 0 aliphatic rings. The van der Waals surface area contributed by atoms with Crippen molar-refractivity contribution in [3.63, 3.8) is 0 Å². The van der Waals surface area contributed by atoms with Gasteiger partial charge in [0.2, 0.25) is 5.91 Å². The number of carbonyl (C=O) groups is 1. The van der Waals surface area contributed by atoms with Crippen molar-refractivity contribution in [2.24, 2.45) is 0 Å². The Bertz CT molecular complexity index is 1140. The number of rotatable bonds is 6. The first kappa shape index (κ1) is 18.0. The molecular weight excluding hydrogens is 376 g/mol. The summed E-state index contributed by atoms with van der Waals surface area (Å²) >= 11 is 1.48. The Morgan fingerprint density at radius 3 is 2.79 bits per heavy atom. The van der Waals surface area contributed by atoms with Gasteiger partial charge in [0.25, 0.3) is 0 Å². The quantitative estimate of drug-likeness (QED) is 0.542. The number of nitrogens with one attached hydrogen (secondary N) is 1. The highest BCUT2D eigenvalue weighted by Gasteiger charge is 2.12. The SMILES string of the molecule is COc1ccc(-c2nc(CC(=O)Nn3cnc4ccccc43)cs2)cc1OC. The van der Waals surface area contributed by atoms with E-state index in [1.807, 2.05) is 47.8 Å². The molecule has 0 fully saturated rings. The fourth-order valence-electron chi connectivity index (χ4n) is 2.88. The third kappa shape index (κ3) is 3.54. The van der Waals surface area contributed by atoms with E-state index in [0.29, 0.717) is 17.2 Å². The van der Waals surface area contributed by atoms with Gasteiger partial charge >= 0.3 is 0 Å². The molecular formula is C20H18N4O3S. The van der Waals surface area contributed by atoms with Crippen molar-refractivity contribution in [3.05, 3.63) is 59.9 Å². The number of benzene rings is 2. The number of methoxy groups -OCH3 is 2. The van der Waals surface area contributed by atoms with Crippen molar-refractivity contribution in [1.82, 2.24) is 14.6 Å². The lowest BCUT2D eigenvalue weighted by Crippen LogP contribution is -2.23. The Labute approximate surface area is 165 Å². The predicted molar refractivity (Wildman–Crippen MR) is 108 cm³/mol. The lowest BCUT2D eigenvalue weighted by Gasteiger charge is -2.08. The number of carbonyl (C=O) groups excluding carboxylic acids is 1. The van der Waals surface area contributed by atoms with E-state index in [0.717, 1.165) is 21.6 Å². The minimum absolute atomic E-state index is 0.160. The van der Waals surface area contributed by atoms with E-state index in [2.05, 4.69) is 15.4 Å². The van der Waals surface area contributed by atoms with E-state index >= 15 is 0 Å². The predicted octanol–water partition coefficient (Wildman–Crippen LogP) is 3.49. The molecule has 7 nitrogen and oxygen atoms in total. The lowest BCUT2D eigenvalue weighted by atomic mass is 10.2. The molecule has 0 saturated heterocycles. The molecule has 2 heterocycles. The molecule has 4 rings (SSSR count). The molecule has 0 saturated carbocycles. The van der Waals surface area contributed by atoms with Crippen molar-refractivity contribution in [2.75, 3.05) is 19.6 Å². The molecule has 2 aromatic heterocycles. The number of nitrogens with zero attached hydrogens (tertiary/aromatic N) is 3. The largest absolute Gasteiger partial charge is 0.493 e. The molecule has 28 heavy (non-hydrogen) atoms. The first-order chi connectivity index (χ1) is 13.7.